The minimum Gasteiger partial charge on any atom is -0.490 e. The molecule has 210 valence electrons. The van der Waals surface area contributed by atoms with Gasteiger partial charge in [0.2, 0.25) is 11.8 Å². The van der Waals surface area contributed by atoms with E-state index in [1.807, 2.05) is 6.08 Å². The van der Waals surface area contributed by atoms with Gasteiger partial charge >= 0.3 is 0 Å². The van der Waals surface area contributed by atoms with Gasteiger partial charge in [0.1, 0.15) is 23.1 Å². The van der Waals surface area contributed by atoms with Crippen LogP contribution in [0.5, 0.6) is 5.75 Å². The second kappa shape index (κ2) is 10.2. The van der Waals surface area contributed by atoms with Gasteiger partial charge in [0.25, 0.3) is 0 Å². The van der Waals surface area contributed by atoms with Crippen molar-refractivity contribution in [2.24, 2.45) is 11.8 Å². The molecule has 1 spiro atoms. The summed E-state index contributed by atoms with van der Waals surface area (Å²) in [6.45, 7) is 0. The molecule has 7 nitrogen and oxygen atoms in total. The third-order valence-electron chi connectivity index (χ3n) is 8.46. The van der Waals surface area contributed by atoms with E-state index in [4.69, 9.17) is 27.9 Å². The van der Waals surface area contributed by atoms with Crippen LogP contribution in [0.25, 0.3) is 0 Å². The summed E-state index contributed by atoms with van der Waals surface area (Å²) < 4.78 is 44.9. The van der Waals surface area contributed by atoms with Crippen LogP contribution in [0.2, 0.25) is 10.0 Å². The molecule has 1 unspecified atom stereocenters. The fourth-order valence-corrected chi connectivity index (χ4v) is 8.46. The van der Waals surface area contributed by atoms with Crippen molar-refractivity contribution in [3.63, 3.8) is 0 Å². The largest absolute Gasteiger partial charge is 0.490 e. The van der Waals surface area contributed by atoms with Crippen LogP contribution in [0.15, 0.2) is 60.5 Å². The van der Waals surface area contributed by atoms with Gasteiger partial charge in [-0.25, -0.2) is 12.8 Å². The highest BCUT2D eigenvalue weighted by Gasteiger charge is 2.62. The highest BCUT2D eigenvalue weighted by atomic mass is 35.5. The van der Waals surface area contributed by atoms with Crippen LogP contribution < -0.4 is 15.4 Å². The molecule has 4 aliphatic rings. The lowest BCUT2D eigenvalue weighted by atomic mass is 9.57. The number of carbonyl (C=O) groups excluding carboxylic acids is 2. The van der Waals surface area contributed by atoms with Gasteiger partial charge in [-0.1, -0.05) is 41.4 Å². The fourth-order valence-electron chi connectivity index (χ4n) is 6.66. The number of fused-ring (bicyclic) bond motifs is 2. The topological polar surface area (TPSA) is 102 Å². The Morgan fingerprint density at radius 1 is 1.00 bits per heavy atom. The zero-order valence-corrected chi connectivity index (χ0v) is 23.7. The van der Waals surface area contributed by atoms with E-state index < -0.39 is 33.1 Å². The summed E-state index contributed by atoms with van der Waals surface area (Å²) in [6, 6.07) is 9.24. The minimum atomic E-state index is -3.10. The van der Waals surface area contributed by atoms with Gasteiger partial charge < -0.3 is 15.4 Å². The first-order valence-electron chi connectivity index (χ1n) is 13.2. The molecule has 0 bridgehead atoms. The molecule has 3 aliphatic heterocycles. The molecule has 0 radical (unpaired) electrons. The Balaban J connectivity index is 1.51. The highest BCUT2D eigenvalue weighted by molar-refractivity contribution is 7.91. The van der Waals surface area contributed by atoms with Crippen LogP contribution in [-0.4, -0.2) is 37.8 Å². The van der Waals surface area contributed by atoms with Crippen LogP contribution in [0.1, 0.15) is 42.9 Å². The van der Waals surface area contributed by atoms with E-state index in [1.54, 1.807) is 42.5 Å². The number of ether oxygens (including phenoxy) is 1. The number of hydrogen-bond acceptors (Lipinski definition) is 5. The maximum atomic E-state index is 14.6. The zero-order chi connectivity index (χ0) is 28.2. The van der Waals surface area contributed by atoms with Gasteiger partial charge in [0.05, 0.1) is 17.5 Å². The normalized spacial score (nSPS) is 29.5. The smallest absolute Gasteiger partial charge is 0.237 e. The maximum Gasteiger partial charge on any atom is 0.237 e. The lowest BCUT2D eigenvalue weighted by Crippen LogP contribution is -2.59. The number of nitrogens with one attached hydrogen (secondary N) is 2. The first-order chi connectivity index (χ1) is 19.1. The number of rotatable bonds is 4. The first kappa shape index (κ1) is 27.3. The van der Waals surface area contributed by atoms with Gasteiger partial charge in [0, 0.05) is 34.1 Å². The van der Waals surface area contributed by atoms with Gasteiger partial charge in [-0.3, -0.25) is 9.59 Å². The summed E-state index contributed by atoms with van der Waals surface area (Å²) in [7, 11) is -3.10. The Hall–Kier alpha value is -2.88. The van der Waals surface area contributed by atoms with E-state index in [0.29, 0.717) is 45.5 Å². The molecule has 2 aromatic carbocycles. The number of benzene rings is 2. The summed E-state index contributed by atoms with van der Waals surface area (Å²) in [5, 5.41) is 6.84. The summed E-state index contributed by atoms with van der Waals surface area (Å²) in [5.41, 5.74) is 0.336. The van der Waals surface area contributed by atoms with Crippen LogP contribution in [0.4, 0.5) is 10.1 Å². The Kier molecular flexibility index (Phi) is 6.95. The summed E-state index contributed by atoms with van der Waals surface area (Å²) in [5.74, 6) is -1.52. The second-order valence-electron chi connectivity index (χ2n) is 10.8. The second-order valence-corrected chi connectivity index (χ2v) is 14.0. The van der Waals surface area contributed by atoms with Crippen molar-refractivity contribution in [1.82, 2.24) is 5.32 Å². The minimum absolute atomic E-state index is 0.00547. The van der Waals surface area contributed by atoms with Crippen molar-refractivity contribution >= 4 is 50.5 Å². The van der Waals surface area contributed by atoms with Crippen LogP contribution in [-0.2, 0) is 24.8 Å². The molecule has 6 rings (SSSR count). The molecule has 2 aromatic rings. The Morgan fingerprint density at radius 2 is 1.73 bits per heavy atom. The summed E-state index contributed by atoms with van der Waals surface area (Å²) >= 11 is 12.8. The molecule has 4 atom stereocenters. The van der Waals surface area contributed by atoms with Crippen LogP contribution in [0.3, 0.4) is 0 Å². The molecule has 2 amide bonds. The maximum absolute atomic E-state index is 14.6. The standard InChI is InChI=1S/C29H27Cl2FN2O5S/c30-17-5-7-25(39-20-8-10-40(37,38)11-9-20)21(13-17)27-29(22-6-4-18(31)14-24(22)33-28(29)36)23(15-26(35)34-27)16-2-1-3-19(32)12-16/h1-7,13-14,16,20,23,27H,8-12,15H2,(H,33,36)(H,34,35)/t16?,23-,27+,29-/m0/s1. The predicted molar refractivity (Wildman–Crippen MR) is 151 cm³/mol. The summed E-state index contributed by atoms with van der Waals surface area (Å²) in [6.07, 6.45) is 5.23. The molecule has 11 heteroatoms. The Morgan fingerprint density at radius 3 is 2.48 bits per heavy atom. The molecule has 0 aromatic heterocycles. The van der Waals surface area contributed by atoms with Crippen molar-refractivity contribution in [1.29, 1.82) is 0 Å². The molecule has 2 saturated heterocycles. The average molecular weight is 606 g/mol. The molecule has 3 heterocycles. The lowest BCUT2D eigenvalue weighted by molar-refractivity contribution is -0.135. The van der Waals surface area contributed by atoms with Crippen molar-refractivity contribution < 1.29 is 27.1 Å². The monoisotopic (exact) mass is 604 g/mol. The van der Waals surface area contributed by atoms with E-state index in [0.717, 1.165) is 0 Å². The van der Waals surface area contributed by atoms with Crippen LogP contribution >= 0.6 is 23.2 Å². The van der Waals surface area contributed by atoms with E-state index >= 15 is 0 Å². The number of piperidine rings is 1. The summed E-state index contributed by atoms with van der Waals surface area (Å²) in [4.78, 5) is 27.5. The first-order valence-corrected chi connectivity index (χ1v) is 15.7. The number of hydrogen-bond donors (Lipinski definition) is 2. The lowest BCUT2D eigenvalue weighted by Gasteiger charge is -2.49. The quantitative estimate of drug-likeness (QED) is 0.483. The van der Waals surface area contributed by atoms with E-state index in [9.17, 15) is 22.4 Å². The highest BCUT2D eigenvalue weighted by Crippen LogP contribution is 2.58. The number of allylic oxidation sites excluding steroid dienone is 4. The number of amides is 2. The molecule has 2 fully saturated rings. The fraction of sp³-hybridized carbons (Fsp3) is 0.379. The van der Waals surface area contributed by atoms with E-state index in [1.165, 1.54) is 6.08 Å². The molecule has 40 heavy (non-hydrogen) atoms. The molecular weight excluding hydrogens is 578 g/mol. The molecule has 2 N–H and O–H groups in total. The SMILES string of the molecule is O=C1C[C@@H](C2C=CC=C(F)C2)[C@]2(C(=O)Nc3cc(Cl)ccc32)[C@@H](c2cc(Cl)ccc2OC2CCS(=O)(=O)CC2)N1. The number of carbonyl (C=O) groups is 2. The van der Waals surface area contributed by atoms with Gasteiger partial charge in [0.15, 0.2) is 9.84 Å². The Bertz CT molecular complexity index is 1560. The Labute approximate surface area is 241 Å². The van der Waals surface area contributed by atoms with E-state index in [-0.39, 0.29) is 48.1 Å². The number of halogens is 3. The van der Waals surface area contributed by atoms with Gasteiger partial charge in [-0.05, 0) is 66.6 Å². The number of sulfone groups is 1. The van der Waals surface area contributed by atoms with Crippen LogP contribution in [0, 0.1) is 11.8 Å². The number of anilines is 1. The van der Waals surface area contributed by atoms with Gasteiger partial charge in [-0.15, -0.1) is 0 Å². The molecule has 0 saturated carbocycles. The van der Waals surface area contributed by atoms with Crippen molar-refractivity contribution in [3.05, 3.63) is 81.6 Å². The van der Waals surface area contributed by atoms with Crippen molar-refractivity contribution in [3.8, 4) is 5.75 Å². The third-order valence-corrected chi connectivity index (χ3v) is 10.6. The average Bonchev–Trinajstić information content (AvgIpc) is 3.18. The van der Waals surface area contributed by atoms with E-state index in [2.05, 4.69) is 10.6 Å². The zero-order valence-electron chi connectivity index (χ0n) is 21.3. The third kappa shape index (κ3) is 4.72. The predicted octanol–water partition coefficient (Wildman–Crippen LogP) is 5.45. The van der Waals surface area contributed by atoms with Crippen molar-refractivity contribution in [2.75, 3.05) is 16.8 Å². The van der Waals surface area contributed by atoms with Crippen molar-refractivity contribution in [2.45, 2.75) is 43.2 Å². The van der Waals surface area contributed by atoms with Gasteiger partial charge in [-0.2, -0.15) is 0 Å². The molecule has 1 aliphatic carbocycles. The molecular formula is C29H27Cl2FN2O5S.